The molecule has 64 valence electrons. The molecule has 0 saturated carbocycles. The number of rotatable bonds is 1. The molecule has 0 fully saturated rings. The van der Waals surface area contributed by atoms with Gasteiger partial charge in [0.05, 0.1) is 5.84 Å². The molecule has 0 atom stereocenters. The van der Waals surface area contributed by atoms with E-state index in [1.165, 1.54) is 0 Å². The molecule has 1 heterocycles. The van der Waals surface area contributed by atoms with E-state index in [-0.39, 0.29) is 0 Å². The van der Waals surface area contributed by atoms with Crippen LogP contribution in [0.4, 0.5) is 5.95 Å². The molecular weight excluding hydrogens is 152 g/mol. The lowest BCUT2D eigenvalue weighted by molar-refractivity contribution is 1.04. The van der Waals surface area contributed by atoms with Crippen molar-refractivity contribution in [1.82, 2.24) is 9.97 Å². The zero-order valence-electron chi connectivity index (χ0n) is 7.50. The minimum Gasteiger partial charge on any atom is -0.387 e. The summed E-state index contributed by atoms with van der Waals surface area (Å²) in [5.74, 6) is 0.910. The summed E-state index contributed by atoms with van der Waals surface area (Å²) >= 11 is 0. The van der Waals surface area contributed by atoms with Crippen molar-refractivity contribution in [3.05, 3.63) is 17.5 Å². The summed E-state index contributed by atoms with van der Waals surface area (Å²) < 4.78 is 0. The Morgan fingerprint density at radius 1 is 1.33 bits per heavy atom. The van der Waals surface area contributed by atoms with Gasteiger partial charge in [0.25, 0.3) is 5.95 Å². The largest absolute Gasteiger partial charge is 0.387 e. The Bertz CT molecular complexity index is 293. The van der Waals surface area contributed by atoms with Crippen LogP contribution in [-0.4, -0.2) is 15.8 Å². The summed E-state index contributed by atoms with van der Waals surface area (Å²) in [5.41, 5.74) is 7.20. The van der Waals surface area contributed by atoms with E-state index in [1.807, 2.05) is 19.9 Å². The minimum atomic E-state index is 0.438. The molecular formula is C8H12N4. The van der Waals surface area contributed by atoms with Crippen LogP contribution < -0.4 is 5.73 Å². The Morgan fingerprint density at radius 2 is 1.83 bits per heavy atom. The van der Waals surface area contributed by atoms with Gasteiger partial charge in [-0.05, 0) is 26.8 Å². The number of aliphatic imine (C=N–C) groups is 1. The summed E-state index contributed by atoms with van der Waals surface area (Å²) in [6.45, 7) is 5.51. The summed E-state index contributed by atoms with van der Waals surface area (Å²) in [7, 11) is 0. The minimum absolute atomic E-state index is 0.438. The van der Waals surface area contributed by atoms with E-state index in [9.17, 15) is 0 Å². The molecule has 0 bridgehead atoms. The van der Waals surface area contributed by atoms with Gasteiger partial charge in [0.2, 0.25) is 0 Å². The van der Waals surface area contributed by atoms with Crippen molar-refractivity contribution in [2.45, 2.75) is 20.8 Å². The van der Waals surface area contributed by atoms with Crippen LogP contribution in [-0.2, 0) is 0 Å². The fourth-order valence-electron chi connectivity index (χ4n) is 0.915. The smallest absolute Gasteiger partial charge is 0.251 e. The van der Waals surface area contributed by atoms with Crippen molar-refractivity contribution >= 4 is 11.8 Å². The van der Waals surface area contributed by atoms with Gasteiger partial charge in [-0.15, -0.1) is 0 Å². The zero-order chi connectivity index (χ0) is 9.14. The van der Waals surface area contributed by atoms with Crippen LogP contribution in [0.1, 0.15) is 18.3 Å². The maximum Gasteiger partial charge on any atom is 0.251 e. The molecule has 0 unspecified atom stereocenters. The molecule has 0 saturated heterocycles. The normalized spacial score (nSPS) is 11.8. The molecule has 1 aromatic rings. The van der Waals surface area contributed by atoms with Gasteiger partial charge < -0.3 is 5.73 Å². The topological polar surface area (TPSA) is 64.2 Å². The zero-order valence-corrected chi connectivity index (χ0v) is 7.50. The Morgan fingerprint density at radius 3 is 2.25 bits per heavy atom. The van der Waals surface area contributed by atoms with Gasteiger partial charge in [0.1, 0.15) is 0 Å². The van der Waals surface area contributed by atoms with E-state index in [2.05, 4.69) is 15.0 Å². The molecule has 4 heteroatoms. The van der Waals surface area contributed by atoms with E-state index in [1.54, 1.807) is 6.92 Å². The molecule has 0 spiro atoms. The molecule has 0 amide bonds. The first-order valence-electron chi connectivity index (χ1n) is 3.71. The summed E-state index contributed by atoms with van der Waals surface area (Å²) in [6, 6.07) is 1.89. The number of aryl methyl sites for hydroxylation is 2. The van der Waals surface area contributed by atoms with Gasteiger partial charge in [-0.2, -0.15) is 4.99 Å². The van der Waals surface area contributed by atoms with Crippen molar-refractivity contribution in [3.63, 3.8) is 0 Å². The third-order valence-electron chi connectivity index (χ3n) is 1.25. The van der Waals surface area contributed by atoms with Gasteiger partial charge in [0.15, 0.2) is 0 Å². The van der Waals surface area contributed by atoms with Crippen LogP contribution >= 0.6 is 0 Å². The molecule has 0 aliphatic carbocycles. The van der Waals surface area contributed by atoms with Gasteiger partial charge in [-0.1, -0.05) is 0 Å². The predicted octanol–water partition coefficient (Wildman–Crippen LogP) is 1.10. The summed E-state index contributed by atoms with van der Waals surface area (Å²) in [5, 5.41) is 0. The molecule has 1 rings (SSSR count). The first kappa shape index (κ1) is 8.64. The standard InChI is InChI=1S/C8H12N4/c1-5-4-6(2)11-8(10-5)12-7(3)9/h4H,1-3H3,(H2,9,10,11,12). The highest BCUT2D eigenvalue weighted by atomic mass is 15.1. The Labute approximate surface area is 71.6 Å². The van der Waals surface area contributed by atoms with Crippen molar-refractivity contribution in [3.8, 4) is 0 Å². The average Bonchev–Trinajstić information content (AvgIpc) is 1.81. The van der Waals surface area contributed by atoms with Gasteiger partial charge in [-0.3, -0.25) is 0 Å². The van der Waals surface area contributed by atoms with Gasteiger partial charge in [-0.25, -0.2) is 9.97 Å². The van der Waals surface area contributed by atoms with E-state index in [0.29, 0.717) is 11.8 Å². The van der Waals surface area contributed by atoms with Crippen molar-refractivity contribution in [2.24, 2.45) is 10.7 Å². The summed E-state index contributed by atoms with van der Waals surface area (Å²) in [6.07, 6.45) is 0. The second kappa shape index (κ2) is 3.30. The first-order chi connectivity index (χ1) is 5.58. The Hall–Kier alpha value is -1.45. The third-order valence-corrected chi connectivity index (χ3v) is 1.25. The third kappa shape index (κ3) is 2.30. The maximum atomic E-state index is 5.39. The van der Waals surface area contributed by atoms with Crippen molar-refractivity contribution in [1.29, 1.82) is 0 Å². The lowest BCUT2D eigenvalue weighted by atomic mass is 10.4. The molecule has 12 heavy (non-hydrogen) atoms. The first-order valence-corrected chi connectivity index (χ1v) is 3.71. The van der Waals surface area contributed by atoms with Crippen LogP contribution in [0.25, 0.3) is 0 Å². The van der Waals surface area contributed by atoms with Crippen LogP contribution in [0.5, 0.6) is 0 Å². The lowest BCUT2D eigenvalue weighted by Gasteiger charge is -1.97. The van der Waals surface area contributed by atoms with Crippen LogP contribution in [0.15, 0.2) is 11.1 Å². The number of hydrogen-bond donors (Lipinski definition) is 1. The van der Waals surface area contributed by atoms with Crippen molar-refractivity contribution in [2.75, 3.05) is 0 Å². The predicted molar refractivity (Wildman–Crippen MR) is 48.5 cm³/mol. The molecule has 0 aliphatic heterocycles. The molecule has 0 aromatic carbocycles. The molecule has 4 nitrogen and oxygen atoms in total. The van der Waals surface area contributed by atoms with Crippen LogP contribution in [0.3, 0.4) is 0 Å². The van der Waals surface area contributed by atoms with Gasteiger partial charge >= 0.3 is 0 Å². The SMILES string of the molecule is CC(N)=Nc1nc(C)cc(C)n1. The van der Waals surface area contributed by atoms with Gasteiger partial charge in [0, 0.05) is 11.4 Å². The molecule has 2 N–H and O–H groups in total. The van der Waals surface area contributed by atoms with Crippen LogP contribution in [0.2, 0.25) is 0 Å². The highest BCUT2D eigenvalue weighted by molar-refractivity contribution is 5.79. The number of hydrogen-bond acceptors (Lipinski definition) is 3. The lowest BCUT2D eigenvalue weighted by Crippen LogP contribution is -2.05. The Kier molecular flexibility index (Phi) is 2.38. The van der Waals surface area contributed by atoms with E-state index < -0.39 is 0 Å². The number of nitrogens with two attached hydrogens (primary N) is 1. The fraction of sp³-hybridized carbons (Fsp3) is 0.375. The average molecular weight is 164 g/mol. The second-order valence-electron chi connectivity index (χ2n) is 2.70. The van der Waals surface area contributed by atoms with Crippen LogP contribution in [0, 0.1) is 13.8 Å². The Balaban J connectivity index is 3.09. The van der Waals surface area contributed by atoms with E-state index in [0.717, 1.165) is 11.4 Å². The van der Waals surface area contributed by atoms with E-state index >= 15 is 0 Å². The second-order valence-corrected chi connectivity index (χ2v) is 2.70. The van der Waals surface area contributed by atoms with E-state index in [4.69, 9.17) is 5.73 Å². The summed E-state index contributed by atoms with van der Waals surface area (Å²) in [4.78, 5) is 12.1. The number of amidine groups is 1. The van der Waals surface area contributed by atoms with Crippen molar-refractivity contribution < 1.29 is 0 Å². The quantitative estimate of drug-likeness (QED) is 0.499. The highest BCUT2D eigenvalue weighted by Crippen LogP contribution is 2.06. The molecule has 0 aliphatic rings. The fourth-order valence-corrected chi connectivity index (χ4v) is 0.915. The highest BCUT2D eigenvalue weighted by Gasteiger charge is 1.96. The molecule has 0 radical (unpaired) electrons. The number of nitrogens with zero attached hydrogens (tertiary/aromatic N) is 3. The molecule has 1 aromatic heterocycles. The maximum absolute atomic E-state index is 5.39. The monoisotopic (exact) mass is 164 g/mol. The number of aromatic nitrogens is 2.